The highest BCUT2D eigenvalue weighted by Crippen LogP contribution is 2.32. The lowest BCUT2D eigenvalue weighted by Gasteiger charge is -2.08. The molecule has 1 aliphatic heterocycles. The molecule has 0 amide bonds. The zero-order chi connectivity index (χ0) is 12.3. The molecule has 0 spiro atoms. The summed E-state index contributed by atoms with van der Waals surface area (Å²) in [5, 5.41) is 0. The van der Waals surface area contributed by atoms with Crippen molar-refractivity contribution in [3.8, 4) is 0 Å². The topological polar surface area (TPSA) is 17.1 Å². The average molecular weight is 268 g/mol. The molecule has 0 aromatic carbocycles. The molecule has 17 heavy (non-hydrogen) atoms. The van der Waals surface area contributed by atoms with E-state index in [-0.39, 0.29) is 0 Å². The Morgan fingerprint density at radius 3 is 3.00 bits per heavy atom. The van der Waals surface area contributed by atoms with Gasteiger partial charge in [0.25, 0.3) is 0 Å². The van der Waals surface area contributed by atoms with Crippen LogP contribution in [0.25, 0.3) is 0 Å². The van der Waals surface area contributed by atoms with E-state index in [1.807, 2.05) is 11.8 Å². The number of thiophene rings is 1. The number of rotatable bonds is 5. The summed E-state index contributed by atoms with van der Waals surface area (Å²) in [6.07, 6.45) is 4.08. The van der Waals surface area contributed by atoms with Crippen molar-refractivity contribution in [3.63, 3.8) is 0 Å². The minimum atomic E-state index is 0.357. The molecule has 0 fully saturated rings. The van der Waals surface area contributed by atoms with Gasteiger partial charge in [-0.1, -0.05) is 20.3 Å². The average Bonchev–Trinajstić information content (AvgIpc) is 2.71. The zero-order valence-electron chi connectivity index (χ0n) is 10.6. The molecule has 2 rings (SSSR count). The first-order valence-corrected chi connectivity index (χ1v) is 8.36. The van der Waals surface area contributed by atoms with Crippen molar-refractivity contribution < 1.29 is 4.79 Å². The molecule has 1 aromatic heterocycles. The highest BCUT2D eigenvalue weighted by Gasteiger charge is 2.17. The van der Waals surface area contributed by atoms with Crippen molar-refractivity contribution in [1.29, 1.82) is 0 Å². The number of carbonyl (C=O) groups is 1. The fourth-order valence-electron chi connectivity index (χ4n) is 2.08. The molecule has 0 radical (unpaired) electrons. The van der Waals surface area contributed by atoms with E-state index in [2.05, 4.69) is 19.9 Å². The van der Waals surface area contributed by atoms with Gasteiger partial charge in [-0.15, -0.1) is 11.3 Å². The molecule has 0 aliphatic carbocycles. The van der Waals surface area contributed by atoms with Crippen molar-refractivity contribution in [1.82, 2.24) is 0 Å². The molecule has 1 aliphatic rings. The van der Waals surface area contributed by atoms with E-state index in [1.165, 1.54) is 16.2 Å². The van der Waals surface area contributed by atoms with E-state index in [1.54, 1.807) is 11.3 Å². The van der Waals surface area contributed by atoms with Crippen LogP contribution in [0.15, 0.2) is 6.07 Å². The van der Waals surface area contributed by atoms with Gasteiger partial charge in [0.2, 0.25) is 0 Å². The molecule has 0 unspecified atom stereocenters. The quantitative estimate of drug-likeness (QED) is 0.729. The number of hydrogen-bond acceptors (Lipinski definition) is 3. The predicted octanol–water partition coefficient (Wildman–Crippen LogP) is 4.55. The van der Waals surface area contributed by atoms with Gasteiger partial charge in [-0.05, 0) is 36.1 Å². The third-order valence-electron chi connectivity index (χ3n) is 3.09. The van der Waals surface area contributed by atoms with Crippen molar-refractivity contribution in [3.05, 3.63) is 21.4 Å². The lowest BCUT2D eigenvalue weighted by atomic mass is 10.0. The third-order valence-corrected chi connectivity index (χ3v) is 5.37. The molecule has 3 heteroatoms. The Bertz CT molecular complexity index is 369. The van der Waals surface area contributed by atoms with Crippen LogP contribution in [0.4, 0.5) is 0 Å². The smallest absolute Gasteiger partial charge is 0.172 e. The van der Waals surface area contributed by atoms with Crippen LogP contribution < -0.4 is 0 Å². The number of ketones is 1. The largest absolute Gasteiger partial charge is 0.293 e. The molecule has 0 atom stereocenters. The van der Waals surface area contributed by atoms with Crippen molar-refractivity contribution in [2.45, 2.75) is 45.3 Å². The summed E-state index contributed by atoms with van der Waals surface area (Å²) in [5.74, 6) is 3.38. The number of Topliss-reactive ketones (excluding diaryl/α,β-unsaturated/α-hetero) is 1. The summed E-state index contributed by atoms with van der Waals surface area (Å²) >= 11 is 3.72. The second-order valence-corrected chi connectivity index (χ2v) is 7.31. The van der Waals surface area contributed by atoms with Gasteiger partial charge < -0.3 is 0 Å². The van der Waals surface area contributed by atoms with Crippen LogP contribution in [0.3, 0.4) is 0 Å². The Morgan fingerprint density at radius 2 is 2.29 bits per heavy atom. The van der Waals surface area contributed by atoms with Gasteiger partial charge in [-0.3, -0.25) is 4.79 Å². The lowest BCUT2D eigenvalue weighted by Crippen LogP contribution is -1.97. The Morgan fingerprint density at radius 1 is 1.47 bits per heavy atom. The van der Waals surface area contributed by atoms with Crippen LogP contribution in [-0.2, 0) is 12.2 Å². The maximum Gasteiger partial charge on any atom is 0.172 e. The molecule has 2 heterocycles. The maximum atomic E-state index is 12.0. The highest BCUT2D eigenvalue weighted by molar-refractivity contribution is 7.98. The standard InChI is InChI=1S/C14H20OS2/c1-10(2)4-3-5-12(15)14-8-11-9-16-7-6-13(11)17-14/h8,10H,3-7,9H2,1-2H3. The minimum absolute atomic E-state index is 0.357. The molecule has 1 nitrogen and oxygen atoms in total. The number of aryl methyl sites for hydroxylation is 1. The fraction of sp³-hybridized carbons (Fsp3) is 0.643. The van der Waals surface area contributed by atoms with E-state index < -0.39 is 0 Å². The first kappa shape index (κ1) is 13.2. The minimum Gasteiger partial charge on any atom is -0.293 e. The number of carbonyl (C=O) groups excluding carboxylic acids is 1. The summed E-state index contributed by atoms with van der Waals surface area (Å²) in [6, 6.07) is 2.14. The number of thioether (sulfide) groups is 1. The van der Waals surface area contributed by atoms with Gasteiger partial charge in [-0.2, -0.15) is 11.8 Å². The van der Waals surface area contributed by atoms with Gasteiger partial charge in [0.15, 0.2) is 5.78 Å². The molecule has 94 valence electrons. The van der Waals surface area contributed by atoms with Gasteiger partial charge in [0.05, 0.1) is 4.88 Å². The van der Waals surface area contributed by atoms with E-state index in [0.717, 1.165) is 36.3 Å². The first-order chi connectivity index (χ1) is 8.16. The fourth-order valence-corrected chi connectivity index (χ4v) is 4.42. The molecular weight excluding hydrogens is 248 g/mol. The second-order valence-electron chi connectivity index (χ2n) is 5.07. The summed E-state index contributed by atoms with van der Waals surface area (Å²) in [5.41, 5.74) is 1.42. The summed E-state index contributed by atoms with van der Waals surface area (Å²) in [6.45, 7) is 4.43. The Labute approximate surface area is 112 Å². The van der Waals surface area contributed by atoms with E-state index in [0.29, 0.717) is 11.7 Å². The molecular formula is C14H20OS2. The monoisotopic (exact) mass is 268 g/mol. The normalized spacial score (nSPS) is 15.0. The Balaban J connectivity index is 1.92. The van der Waals surface area contributed by atoms with Gasteiger partial charge in [0.1, 0.15) is 0 Å². The highest BCUT2D eigenvalue weighted by atomic mass is 32.2. The summed E-state index contributed by atoms with van der Waals surface area (Å²) in [7, 11) is 0. The SMILES string of the molecule is CC(C)CCCC(=O)c1cc2c(s1)CCSC2. The third kappa shape index (κ3) is 3.59. The van der Waals surface area contributed by atoms with Crippen LogP contribution in [0.1, 0.15) is 53.2 Å². The van der Waals surface area contributed by atoms with Crippen LogP contribution in [0, 0.1) is 5.92 Å². The van der Waals surface area contributed by atoms with Gasteiger partial charge >= 0.3 is 0 Å². The summed E-state index contributed by atoms with van der Waals surface area (Å²) < 4.78 is 0. The second kappa shape index (κ2) is 6.05. The van der Waals surface area contributed by atoms with Crippen LogP contribution in [0.5, 0.6) is 0 Å². The van der Waals surface area contributed by atoms with Crippen LogP contribution in [-0.4, -0.2) is 11.5 Å². The van der Waals surface area contributed by atoms with Crippen LogP contribution in [0.2, 0.25) is 0 Å². The van der Waals surface area contributed by atoms with Crippen molar-refractivity contribution in [2.75, 3.05) is 5.75 Å². The van der Waals surface area contributed by atoms with E-state index in [4.69, 9.17) is 0 Å². The molecule has 0 bridgehead atoms. The lowest BCUT2D eigenvalue weighted by molar-refractivity contribution is 0.0982. The number of hydrogen-bond donors (Lipinski definition) is 0. The van der Waals surface area contributed by atoms with Crippen LogP contribution >= 0.6 is 23.1 Å². The predicted molar refractivity (Wildman–Crippen MR) is 77.2 cm³/mol. The molecule has 0 saturated heterocycles. The van der Waals surface area contributed by atoms with Crippen molar-refractivity contribution in [2.24, 2.45) is 5.92 Å². The molecule has 1 aromatic rings. The maximum absolute atomic E-state index is 12.0. The first-order valence-electron chi connectivity index (χ1n) is 6.39. The Hall–Kier alpha value is -0.280. The van der Waals surface area contributed by atoms with Crippen molar-refractivity contribution >= 4 is 28.9 Å². The zero-order valence-corrected chi connectivity index (χ0v) is 12.3. The van der Waals surface area contributed by atoms with E-state index in [9.17, 15) is 4.79 Å². The Kier molecular flexibility index (Phi) is 4.69. The summed E-state index contributed by atoms with van der Waals surface area (Å²) in [4.78, 5) is 14.5. The molecule has 0 N–H and O–H groups in total. The number of fused-ring (bicyclic) bond motifs is 1. The molecule has 0 saturated carbocycles. The van der Waals surface area contributed by atoms with E-state index >= 15 is 0 Å². The van der Waals surface area contributed by atoms with Gasteiger partial charge in [0, 0.05) is 17.1 Å². The van der Waals surface area contributed by atoms with Gasteiger partial charge in [-0.25, -0.2) is 0 Å².